The van der Waals surface area contributed by atoms with Crippen molar-refractivity contribution in [2.45, 2.75) is 38.3 Å². The first kappa shape index (κ1) is 21.3. The lowest BCUT2D eigenvalue weighted by Crippen LogP contribution is -2.34. The molecule has 1 fully saturated rings. The summed E-state index contributed by atoms with van der Waals surface area (Å²) in [5.74, 6) is 0.485. The Bertz CT molecular complexity index is 783. The number of amides is 1. The molecule has 1 aliphatic heterocycles. The molecule has 0 aliphatic carbocycles. The van der Waals surface area contributed by atoms with Crippen LogP contribution in [-0.4, -0.2) is 50.8 Å². The van der Waals surface area contributed by atoms with Gasteiger partial charge < -0.3 is 19.7 Å². The Kier molecular flexibility index (Phi) is 7.67. The molecule has 0 aromatic heterocycles. The summed E-state index contributed by atoms with van der Waals surface area (Å²) in [6.07, 6.45) is 3.22. The number of hydrogen-bond acceptors (Lipinski definition) is 4. The quantitative estimate of drug-likeness (QED) is 0.700. The first-order chi connectivity index (χ1) is 14.1. The van der Waals surface area contributed by atoms with E-state index < -0.39 is 0 Å². The van der Waals surface area contributed by atoms with Crippen molar-refractivity contribution in [1.29, 1.82) is 0 Å². The molecule has 2 aromatic carbocycles. The minimum absolute atomic E-state index is 0.102. The van der Waals surface area contributed by atoms with Gasteiger partial charge in [-0.1, -0.05) is 43.3 Å². The average Bonchev–Trinajstić information content (AvgIpc) is 3.26. The maximum Gasteiger partial charge on any atom is 0.255 e. The Balaban J connectivity index is 1.63. The predicted octanol–water partition coefficient (Wildman–Crippen LogP) is 3.84. The van der Waals surface area contributed by atoms with E-state index in [9.17, 15) is 4.79 Å². The molecule has 0 spiro atoms. The fraction of sp³-hybridized carbons (Fsp3) is 0.458. The number of para-hydroxylation sites is 1. The van der Waals surface area contributed by atoms with Gasteiger partial charge in [0, 0.05) is 13.2 Å². The lowest BCUT2D eigenvalue weighted by atomic mass is 10.0. The predicted molar refractivity (Wildman–Crippen MR) is 115 cm³/mol. The van der Waals surface area contributed by atoms with Crippen LogP contribution < -0.4 is 10.1 Å². The van der Waals surface area contributed by atoms with Crippen LogP contribution in [0.5, 0.6) is 5.75 Å². The third kappa shape index (κ3) is 5.81. The topological polar surface area (TPSA) is 50.8 Å². The van der Waals surface area contributed by atoms with Crippen LogP contribution in [0.1, 0.15) is 47.3 Å². The Hall–Kier alpha value is -2.37. The van der Waals surface area contributed by atoms with Crippen molar-refractivity contribution in [2.24, 2.45) is 0 Å². The summed E-state index contributed by atoms with van der Waals surface area (Å²) in [6.45, 7) is 3.95. The van der Waals surface area contributed by atoms with Gasteiger partial charge >= 0.3 is 0 Å². The van der Waals surface area contributed by atoms with E-state index in [-0.39, 0.29) is 18.1 Å². The highest BCUT2D eigenvalue weighted by Gasteiger charge is 2.20. The first-order valence-electron chi connectivity index (χ1n) is 10.5. The van der Waals surface area contributed by atoms with Crippen molar-refractivity contribution in [3.63, 3.8) is 0 Å². The molecule has 0 radical (unpaired) electrons. The summed E-state index contributed by atoms with van der Waals surface area (Å²) in [4.78, 5) is 15.0. The molecular weight excluding hydrogens is 364 g/mol. The number of nitrogens with one attached hydrogen (secondary N) is 1. The second kappa shape index (κ2) is 10.4. The summed E-state index contributed by atoms with van der Waals surface area (Å²) < 4.78 is 11.5. The highest BCUT2D eigenvalue weighted by atomic mass is 16.5. The number of hydrogen-bond donors (Lipinski definition) is 1. The molecule has 2 atom stereocenters. The van der Waals surface area contributed by atoms with Crippen molar-refractivity contribution < 1.29 is 14.3 Å². The van der Waals surface area contributed by atoms with Crippen LogP contribution >= 0.6 is 0 Å². The van der Waals surface area contributed by atoms with Gasteiger partial charge in [-0.3, -0.25) is 4.79 Å². The molecule has 1 N–H and O–H groups in total. The van der Waals surface area contributed by atoms with Crippen molar-refractivity contribution in [3.05, 3.63) is 65.2 Å². The minimum Gasteiger partial charge on any atom is -0.490 e. The summed E-state index contributed by atoms with van der Waals surface area (Å²) in [5.41, 5.74) is 3.06. The van der Waals surface area contributed by atoms with Crippen molar-refractivity contribution >= 4 is 5.91 Å². The Morgan fingerprint density at radius 2 is 1.97 bits per heavy atom. The molecule has 2 unspecified atom stereocenters. The highest BCUT2D eigenvalue weighted by molar-refractivity contribution is 5.96. The monoisotopic (exact) mass is 396 g/mol. The van der Waals surface area contributed by atoms with Crippen molar-refractivity contribution in [3.8, 4) is 5.75 Å². The van der Waals surface area contributed by atoms with Crippen LogP contribution in [0.25, 0.3) is 0 Å². The van der Waals surface area contributed by atoms with Gasteiger partial charge in [-0.25, -0.2) is 0 Å². The van der Waals surface area contributed by atoms with Crippen LogP contribution in [0, 0.1) is 0 Å². The van der Waals surface area contributed by atoms with Gasteiger partial charge in [0.1, 0.15) is 12.4 Å². The number of ether oxygens (including phenoxy) is 2. The summed E-state index contributed by atoms with van der Waals surface area (Å²) in [7, 11) is 4.06. The zero-order chi connectivity index (χ0) is 20.6. The van der Waals surface area contributed by atoms with Crippen molar-refractivity contribution in [2.75, 3.05) is 33.9 Å². The van der Waals surface area contributed by atoms with Crippen LogP contribution in [0.15, 0.2) is 48.5 Å². The Morgan fingerprint density at radius 1 is 1.21 bits per heavy atom. The van der Waals surface area contributed by atoms with Crippen LogP contribution in [0.4, 0.5) is 0 Å². The molecule has 29 heavy (non-hydrogen) atoms. The molecule has 3 rings (SSSR count). The molecule has 5 nitrogen and oxygen atoms in total. The molecule has 1 aliphatic rings. The molecule has 1 amide bonds. The Labute approximate surface area is 174 Å². The third-order valence-electron chi connectivity index (χ3n) is 5.43. The minimum atomic E-state index is -0.120. The van der Waals surface area contributed by atoms with Crippen LogP contribution in [-0.2, 0) is 11.2 Å². The smallest absolute Gasteiger partial charge is 0.255 e. The second-order valence-electron chi connectivity index (χ2n) is 7.73. The van der Waals surface area contributed by atoms with E-state index in [1.165, 1.54) is 11.1 Å². The highest BCUT2D eigenvalue weighted by Crippen LogP contribution is 2.22. The lowest BCUT2D eigenvalue weighted by molar-refractivity contribution is 0.0670. The van der Waals surface area contributed by atoms with E-state index in [4.69, 9.17) is 9.47 Å². The molecular formula is C24H32N2O3. The van der Waals surface area contributed by atoms with Gasteiger partial charge in [0.25, 0.3) is 5.91 Å². The molecule has 2 aromatic rings. The summed E-state index contributed by atoms with van der Waals surface area (Å²) in [5, 5.41) is 3.08. The van der Waals surface area contributed by atoms with Crippen LogP contribution in [0.3, 0.4) is 0 Å². The molecule has 156 valence electrons. The number of carbonyl (C=O) groups excluding carboxylic acids is 1. The molecule has 0 saturated carbocycles. The number of aryl methyl sites for hydroxylation is 1. The summed E-state index contributed by atoms with van der Waals surface area (Å²) in [6, 6.07) is 16.1. The van der Waals surface area contributed by atoms with E-state index in [0.29, 0.717) is 24.5 Å². The first-order valence-corrected chi connectivity index (χ1v) is 10.5. The number of rotatable bonds is 9. The zero-order valence-electron chi connectivity index (χ0n) is 17.7. The molecule has 5 heteroatoms. The largest absolute Gasteiger partial charge is 0.490 e. The molecule has 1 saturated heterocycles. The van der Waals surface area contributed by atoms with Gasteiger partial charge in [-0.2, -0.15) is 0 Å². The lowest BCUT2D eigenvalue weighted by Gasteiger charge is -2.25. The fourth-order valence-corrected chi connectivity index (χ4v) is 3.60. The second-order valence-corrected chi connectivity index (χ2v) is 7.73. The standard InChI is InChI=1S/C24H32N2O3/c1-4-18-11-13-19(14-12-18)22(26(2)3)16-25-24(27)21-9-5-6-10-23(21)29-17-20-8-7-15-28-20/h5-6,9-14,20,22H,4,7-8,15-17H2,1-3H3,(H,25,27). The Morgan fingerprint density at radius 3 is 2.62 bits per heavy atom. The fourth-order valence-electron chi connectivity index (χ4n) is 3.60. The SMILES string of the molecule is CCc1ccc(C(CNC(=O)c2ccccc2OCC2CCCO2)N(C)C)cc1. The maximum absolute atomic E-state index is 12.9. The van der Waals surface area contributed by atoms with Gasteiger partial charge in [0.2, 0.25) is 0 Å². The molecule has 0 bridgehead atoms. The number of likely N-dealkylation sites (N-methyl/N-ethyl adjacent to an activating group) is 1. The zero-order valence-corrected chi connectivity index (χ0v) is 17.7. The number of carbonyl (C=O) groups is 1. The van der Waals surface area contributed by atoms with E-state index in [2.05, 4.69) is 41.4 Å². The number of nitrogens with zero attached hydrogens (tertiary/aromatic N) is 1. The van der Waals surface area contributed by atoms with E-state index in [1.807, 2.05) is 32.3 Å². The van der Waals surface area contributed by atoms with Crippen molar-refractivity contribution in [1.82, 2.24) is 10.2 Å². The van der Waals surface area contributed by atoms with Gasteiger partial charge in [0.15, 0.2) is 0 Å². The van der Waals surface area contributed by atoms with Gasteiger partial charge in [-0.15, -0.1) is 0 Å². The molecule has 1 heterocycles. The summed E-state index contributed by atoms with van der Waals surface area (Å²) >= 11 is 0. The maximum atomic E-state index is 12.9. The van der Waals surface area contributed by atoms with Crippen LogP contribution in [0.2, 0.25) is 0 Å². The average molecular weight is 397 g/mol. The van der Waals surface area contributed by atoms with E-state index in [1.54, 1.807) is 6.07 Å². The number of benzene rings is 2. The van der Waals surface area contributed by atoms with Gasteiger partial charge in [0.05, 0.1) is 17.7 Å². The van der Waals surface area contributed by atoms with E-state index >= 15 is 0 Å². The normalized spacial score (nSPS) is 17.3. The third-order valence-corrected chi connectivity index (χ3v) is 5.43. The van der Waals surface area contributed by atoms with Gasteiger partial charge in [-0.05, 0) is 56.6 Å². The van der Waals surface area contributed by atoms with E-state index in [0.717, 1.165) is 25.9 Å².